The largest absolute Gasteiger partial charge is 0.442 e. The molecule has 0 aliphatic heterocycles. The van der Waals surface area contributed by atoms with E-state index in [1.54, 1.807) is 10.7 Å². The minimum absolute atomic E-state index is 0.295. The molecule has 0 aliphatic rings. The van der Waals surface area contributed by atoms with Gasteiger partial charge in [0.1, 0.15) is 17.8 Å². The average molecular weight is 161 g/mol. The van der Waals surface area contributed by atoms with Crippen LogP contribution < -0.4 is 0 Å². The smallest absolute Gasteiger partial charge is 0.227 e. The number of fused-ring (bicyclic) bond motifs is 1. The summed E-state index contributed by atoms with van der Waals surface area (Å²) in [5, 5.41) is 8.46. The summed E-state index contributed by atoms with van der Waals surface area (Å²) in [4.78, 5) is 4.03. The molecule has 0 amide bonds. The van der Waals surface area contributed by atoms with Gasteiger partial charge in [-0.25, -0.2) is 4.98 Å². The van der Waals surface area contributed by atoms with E-state index in [2.05, 4.69) is 4.98 Å². The molecule has 4 nitrogen and oxygen atoms in total. The van der Waals surface area contributed by atoms with Crippen molar-refractivity contribution in [1.29, 1.82) is 5.26 Å². The van der Waals surface area contributed by atoms with Gasteiger partial charge in [0.15, 0.2) is 0 Å². The van der Waals surface area contributed by atoms with Crippen LogP contribution in [0.1, 0.15) is 11.5 Å². The fourth-order valence-electron chi connectivity index (χ4n) is 1.16. The lowest BCUT2D eigenvalue weighted by atomic mass is 10.4. The van der Waals surface area contributed by atoms with Gasteiger partial charge in [0, 0.05) is 0 Å². The van der Waals surface area contributed by atoms with Crippen LogP contribution in [0.4, 0.5) is 0 Å². The zero-order valence-electron chi connectivity index (χ0n) is 6.61. The number of nitriles is 1. The number of oxazole rings is 1. The molecule has 0 atom stereocenters. The van der Waals surface area contributed by atoms with Crippen molar-refractivity contribution >= 4 is 5.71 Å². The Hall–Kier alpha value is -1.76. The van der Waals surface area contributed by atoms with Gasteiger partial charge in [-0.3, -0.25) is 4.40 Å². The minimum atomic E-state index is 0.295. The second kappa shape index (κ2) is 2.38. The summed E-state index contributed by atoms with van der Waals surface area (Å²) in [6, 6.07) is 2.04. The molecule has 0 aliphatic carbocycles. The maximum Gasteiger partial charge on any atom is 0.227 e. The first-order chi connectivity index (χ1) is 5.81. The van der Waals surface area contributed by atoms with Crippen LogP contribution in [0.3, 0.4) is 0 Å². The number of nitrogens with zero attached hydrogens (tertiary/aromatic N) is 3. The lowest BCUT2D eigenvalue weighted by molar-refractivity contribution is 0.570. The number of imidazole rings is 1. The monoisotopic (exact) mass is 161 g/mol. The van der Waals surface area contributed by atoms with E-state index in [-0.39, 0.29) is 0 Å². The first-order valence-corrected chi connectivity index (χ1v) is 3.60. The van der Waals surface area contributed by atoms with Gasteiger partial charge in [0.2, 0.25) is 5.71 Å². The Bertz CT molecular complexity index is 446. The highest BCUT2D eigenvalue weighted by Gasteiger charge is 2.07. The van der Waals surface area contributed by atoms with Crippen LogP contribution >= 0.6 is 0 Å². The number of hydrogen-bond acceptors (Lipinski definition) is 3. The van der Waals surface area contributed by atoms with Gasteiger partial charge in [0.05, 0.1) is 18.7 Å². The van der Waals surface area contributed by atoms with Crippen molar-refractivity contribution in [2.75, 3.05) is 0 Å². The predicted molar refractivity (Wildman–Crippen MR) is 41.5 cm³/mol. The molecular weight excluding hydrogens is 154 g/mol. The first kappa shape index (κ1) is 6.92. The van der Waals surface area contributed by atoms with E-state index in [1.165, 1.54) is 0 Å². The number of aromatic nitrogens is 2. The maximum atomic E-state index is 8.46. The molecule has 0 spiro atoms. The van der Waals surface area contributed by atoms with E-state index in [4.69, 9.17) is 9.68 Å². The molecule has 0 unspecified atom stereocenters. The summed E-state index contributed by atoms with van der Waals surface area (Å²) < 4.78 is 7.12. The summed E-state index contributed by atoms with van der Waals surface area (Å²) in [6.07, 6.45) is 3.78. The van der Waals surface area contributed by atoms with E-state index < -0.39 is 0 Å². The molecule has 0 saturated heterocycles. The van der Waals surface area contributed by atoms with Crippen molar-refractivity contribution < 1.29 is 4.42 Å². The third-order valence-corrected chi connectivity index (χ3v) is 1.64. The Morgan fingerprint density at radius 3 is 3.33 bits per heavy atom. The van der Waals surface area contributed by atoms with Gasteiger partial charge >= 0.3 is 0 Å². The van der Waals surface area contributed by atoms with Gasteiger partial charge < -0.3 is 4.42 Å². The molecule has 2 aromatic rings. The maximum absolute atomic E-state index is 8.46. The van der Waals surface area contributed by atoms with Crippen molar-refractivity contribution in [3.8, 4) is 6.07 Å². The Balaban J connectivity index is 2.62. The highest BCUT2D eigenvalue weighted by Crippen LogP contribution is 2.13. The fraction of sp³-hybridized carbons (Fsp3) is 0.250. The number of hydrogen-bond donors (Lipinski definition) is 0. The zero-order chi connectivity index (χ0) is 8.55. The van der Waals surface area contributed by atoms with E-state index >= 15 is 0 Å². The van der Waals surface area contributed by atoms with E-state index in [9.17, 15) is 0 Å². The highest BCUT2D eigenvalue weighted by molar-refractivity contribution is 5.42. The van der Waals surface area contributed by atoms with Crippen LogP contribution in [-0.4, -0.2) is 9.38 Å². The highest BCUT2D eigenvalue weighted by atomic mass is 16.3. The summed E-state index contributed by atoms with van der Waals surface area (Å²) in [5.74, 6) is 0.826. The predicted octanol–water partition coefficient (Wildman–Crippen LogP) is 1.30. The van der Waals surface area contributed by atoms with Crippen molar-refractivity contribution in [1.82, 2.24) is 9.38 Å². The van der Waals surface area contributed by atoms with Crippen molar-refractivity contribution in [2.24, 2.45) is 0 Å². The lowest BCUT2D eigenvalue weighted by Crippen LogP contribution is -1.79. The van der Waals surface area contributed by atoms with Crippen LogP contribution in [0, 0.1) is 18.3 Å². The van der Waals surface area contributed by atoms with Gasteiger partial charge in [-0.2, -0.15) is 5.26 Å². The van der Waals surface area contributed by atoms with Crippen LogP contribution in [0.25, 0.3) is 5.71 Å². The third kappa shape index (κ3) is 0.873. The summed E-state index contributed by atoms with van der Waals surface area (Å²) in [5.41, 5.74) is 1.37. The molecule has 2 heterocycles. The van der Waals surface area contributed by atoms with Crippen LogP contribution in [-0.2, 0) is 6.42 Å². The molecule has 0 aromatic carbocycles. The normalized spacial score (nSPS) is 10.3. The lowest BCUT2D eigenvalue weighted by Gasteiger charge is -1.82. The van der Waals surface area contributed by atoms with Crippen LogP contribution in [0.5, 0.6) is 0 Å². The van der Waals surface area contributed by atoms with Crippen LogP contribution in [0.15, 0.2) is 16.9 Å². The topological polar surface area (TPSA) is 54.2 Å². The first-order valence-electron chi connectivity index (χ1n) is 3.60. The minimum Gasteiger partial charge on any atom is -0.442 e. The number of aryl methyl sites for hydroxylation is 1. The van der Waals surface area contributed by atoms with E-state index in [0.717, 1.165) is 5.76 Å². The summed E-state index contributed by atoms with van der Waals surface area (Å²) in [7, 11) is 0. The zero-order valence-corrected chi connectivity index (χ0v) is 6.61. The molecule has 2 rings (SSSR count). The van der Waals surface area contributed by atoms with Gasteiger partial charge in [-0.05, 0) is 6.92 Å². The standard InChI is InChI=1S/C8H7N3O/c1-6-4-11-5-10-7(2-3-9)8(11)12-6/h4-5H,2H2,1H3. The van der Waals surface area contributed by atoms with Crippen LogP contribution in [0.2, 0.25) is 0 Å². The molecular formula is C8H7N3O. The summed E-state index contributed by atoms with van der Waals surface area (Å²) in [6.45, 7) is 1.86. The second-order valence-corrected chi connectivity index (χ2v) is 2.58. The van der Waals surface area contributed by atoms with Crippen molar-refractivity contribution in [3.63, 3.8) is 0 Å². The quantitative estimate of drug-likeness (QED) is 0.633. The van der Waals surface area contributed by atoms with Gasteiger partial charge in [0.25, 0.3) is 0 Å². The van der Waals surface area contributed by atoms with E-state index in [0.29, 0.717) is 17.8 Å². The molecule has 4 heteroatoms. The fourth-order valence-corrected chi connectivity index (χ4v) is 1.16. The SMILES string of the molecule is Cc1cn2cnc(CC#N)c2o1. The molecule has 2 aromatic heterocycles. The Morgan fingerprint density at radius 1 is 1.75 bits per heavy atom. The molecule has 0 saturated carbocycles. The van der Waals surface area contributed by atoms with Crippen molar-refractivity contribution in [3.05, 3.63) is 24.0 Å². The Labute approximate surface area is 69.1 Å². The second-order valence-electron chi connectivity index (χ2n) is 2.58. The molecule has 0 radical (unpaired) electrons. The molecule has 0 fully saturated rings. The summed E-state index contributed by atoms with van der Waals surface area (Å²) >= 11 is 0. The Kier molecular flexibility index (Phi) is 1.37. The number of rotatable bonds is 1. The van der Waals surface area contributed by atoms with E-state index in [1.807, 2.05) is 19.2 Å². The Morgan fingerprint density at radius 2 is 2.58 bits per heavy atom. The van der Waals surface area contributed by atoms with Gasteiger partial charge in [-0.15, -0.1) is 0 Å². The molecule has 12 heavy (non-hydrogen) atoms. The average Bonchev–Trinajstić information content (AvgIpc) is 2.52. The molecule has 60 valence electrons. The van der Waals surface area contributed by atoms with Gasteiger partial charge in [-0.1, -0.05) is 0 Å². The molecule has 0 bridgehead atoms. The van der Waals surface area contributed by atoms with Crippen molar-refractivity contribution in [2.45, 2.75) is 13.3 Å². The molecule has 0 N–H and O–H groups in total. The third-order valence-electron chi connectivity index (χ3n) is 1.64.